The molecule has 1 fully saturated rings. The SMILES string of the molecule is Cc1ccc(-c2cnc([C@@H]3C[C@H](C(=O)Nc4ccc(F)c(Cl)c4)N(C)S(=O)(=O)N3)s2)cc1. The Hall–Kier alpha value is -2.37. The van der Waals surface area contributed by atoms with Gasteiger partial charge in [-0.3, -0.25) is 4.79 Å². The molecule has 0 radical (unpaired) electrons. The number of nitrogens with zero attached hydrogens (tertiary/aromatic N) is 2. The highest BCUT2D eigenvalue weighted by Crippen LogP contribution is 2.34. The van der Waals surface area contributed by atoms with Gasteiger partial charge in [-0.15, -0.1) is 11.3 Å². The van der Waals surface area contributed by atoms with Crippen molar-refractivity contribution < 1.29 is 17.6 Å². The van der Waals surface area contributed by atoms with E-state index in [9.17, 15) is 17.6 Å². The van der Waals surface area contributed by atoms with Gasteiger partial charge in [-0.1, -0.05) is 41.4 Å². The van der Waals surface area contributed by atoms with Crippen molar-refractivity contribution in [1.29, 1.82) is 0 Å². The van der Waals surface area contributed by atoms with Crippen LogP contribution in [0.25, 0.3) is 10.4 Å². The normalized spacial score (nSPS) is 20.8. The molecule has 2 N–H and O–H groups in total. The number of amides is 1. The van der Waals surface area contributed by atoms with Gasteiger partial charge in [-0.2, -0.15) is 17.4 Å². The van der Waals surface area contributed by atoms with Gasteiger partial charge in [0, 0.05) is 18.9 Å². The second-order valence-corrected chi connectivity index (χ2v) is 10.7. The lowest BCUT2D eigenvalue weighted by Crippen LogP contribution is -2.55. The van der Waals surface area contributed by atoms with Crippen LogP contribution in [0, 0.1) is 12.7 Å². The van der Waals surface area contributed by atoms with Crippen LogP contribution in [0.3, 0.4) is 0 Å². The quantitative estimate of drug-likeness (QED) is 0.570. The van der Waals surface area contributed by atoms with Crippen LogP contribution in [0.2, 0.25) is 5.02 Å². The molecule has 0 saturated carbocycles. The van der Waals surface area contributed by atoms with Gasteiger partial charge in [-0.25, -0.2) is 9.37 Å². The summed E-state index contributed by atoms with van der Waals surface area (Å²) >= 11 is 7.15. The van der Waals surface area contributed by atoms with Crippen molar-refractivity contribution in [2.45, 2.75) is 25.4 Å². The highest BCUT2D eigenvalue weighted by atomic mass is 35.5. The van der Waals surface area contributed by atoms with Crippen LogP contribution < -0.4 is 10.0 Å². The van der Waals surface area contributed by atoms with Gasteiger partial charge in [-0.05, 0) is 37.1 Å². The molecule has 0 aliphatic carbocycles. The Labute approximate surface area is 194 Å². The van der Waals surface area contributed by atoms with Gasteiger partial charge in [0.15, 0.2) is 0 Å². The van der Waals surface area contributed by atoms with Crippen molar-refractivity contribution in [3.63, 3.8) is 0 Å². The van der Waals surface area contributed by atoms with E-state index in [0.29, 0.717) is 5.01 Å². The first-order valence-electron chi connectivity index (χ1n) is 9.68. The van der Waals surface area contributed by atoms with E-state index in [1.165, 1.54) is 30.5 Å². The van der Waals surface area contributed by atoms with Crippen LogP contribution in [-0.4, -0.2) is 36.7 Å². The topological polar surface area (TPSA) is 91.4 Å². The van der Waals surface area contributed by atoms with E-state index >= 15 is 0 Å². The molecule has 1 amide bonds. The smallest absolute Gasteiger partial charge is 0.280 e. The third-order valence-corrected chi connectivity index (χ3v) is 8.26. The maximum absolute atomic E-state index is 13.4. The molecule has 0 spiro atoms. The third kappa shape index (κ3) is 4.69. The predicted octanol–water partition coefficient (Wildman–Crippen LogP) is 4.13. The van der Waals surface area contributed by atoms with Gasteiger partial charge < -0.3 is 5.32 Å². The number of rotatable bonds is 4. The highest BCUT2D eigenvalue weighted by molar-refractivity contribution is 7.87. The van der Waals surface area contributed by atoms with E-state index < -0.39 is 34.0 Å². The molecule has 2 heterocycles. The van der Waals surface area contributed by atoms with Gasteiger partial charge in [0.2, 0.25) is 5.91 Å². The first-order chi connectivity index (χ1) is 15.1. The van der Waals surface area contributed by atoms with E-state index in [2.05, 4.69) is 15.0 Å². The number of aromatic nitrogens is 1. The Morgan fingerprint density at radius 2 is 2.00 bits per heavy atom. The molecule has 7 nitrogen and oxygen atoms in total. The number of halogens is 2. The van der Waals surface area contributed by atoms with Crippen LogP contribution >= 0.6 is 22.9 Å². The van der Waals surface area contributed by atoms with E-state index in [1.807, 2.05) is 31.2 Å². The molecule has 168 valence electrons. The van der Waals surface area contributed by atoms with Gasteiger partial charge in [0.1, 0.15) is 16.9 Å². The minimum Gasteiger partial charge on any atom is -0.325 e. The lowest BCUT2D eigenvalue weighted by molar-refractivity contribution is -0.120. The number of benzene rings is 2. The molecule has 1 aliphatic rings. The Bertz CT molecular complexity index is 1260. The number of thiazole rings is 1. The molecule has 2 atom stereocenters. The molecule has 1 aromatic heterocycles. The average molecular weight is 495 g/mol. The number of nitrogens with one attached hydrogen (secondary N) is 2. The van der Waals surface area contributed by atoms with Crippen LogP contribution in [0.15, 0.2) is 48.7 Å². The number of anilines is 1. The van der Waals surface area contributed by atoms with Crippen molar-refractivity contribution in [3.05, 3.63) is 70.1 Å². The summed E-state index contributed by atoms with van der Waals surface area (Å²) in [5, 5.41) is 3.04. The molecule has 11 heteroatoms. The minimum atomic E-state index is -3.92. The molecule has 0 unspecified atom stereocenters. The van der Waals surface area contributed by atoms with Crippen molar-refractivity contribution in [2.24, 2.45) is 0 Å². The first-order valence-corrected chi connectivity index (χ1v) is 12.3. The van der Waals surface area contributed by atoms with E-state index in [1.54, 1.807) is 6.20 Å². The number of hydrogen-bond acceptors (Lipinski definition) is 5. The van der Waals surface area contributed by atoms with Crippen molar-refractivity contribution in [3.8, 4) is 10.4 Å². The van der Waals surface area contributed by atoms with Crippen LogP contribution in [0.1, 0.15) is 23.0 Å². The second-order valence-electron chi connectivity index (χ2n) is 7.49. The average Bonchev–Trinajstić information content (AvgIpc) is 3.23. The monoisotopic (exact) mass is 494 g/mol. The molecular formula is C21H20ClFN4O3S2. The molecule has 3 aromatic rings. The highest BCUT2D eigenvalue weighted by Gasteiger charge is 2.41. The van der Waals surface area contributed by atoms with Crippen molar-refractivity contribution in [2.75, 3.05) is 12.4 Å². The lowest BCUT2D eigenvalue weighted by Gasteiger charge is -2.35. The maximum Gasteiger partial charge on any atom is 0.280 e. The van der Waals surface area contributed by atoms with Crippen molar-refractivity contribution >= 4 is 44.7 Å². The molecule has 1 saturated heterocycles. The summed E-state index contributed by atoms with van der Waals surface area (Å²) in [6.07, 6.45) is 1.88. The summed E-state index contributed by atoms with van der Waals surface area (Å²) < 4.78 is 42.3. The second kappa shape index (κ2) is 8.87. The molecule has 32 heavy (non-hydrogen) atoms. The number of carbonyl (C=O) groups is 1. The zero-order valence-electron chi connectivity index (χ0n) is 17.2. The fourth-order valence-corrected chi connectivity index (χ4v) is 5.87. The Morgan fingerprint density at radius 1 is 1.28 bits per heavy atom. The molecular weight excluding hydrogens is 475 g/mol. The Kier molecular flexibility index (Phi) is 6.33. The van der Waals surface area contributed by atoms with Crippen LogP contribution in [0.4, 0.5) is 10.1 Å². The zero-order chi connectivity index (χ0) is 23.0. The summed E-state index contributed by atoms with van der Waals surface area (Å²) in [4.78, 5) is 18.2. The fourth-order valence-electron chi connectivity index (χ4n) is 3.37. The van der Waals surface area contributed by atoms with Crippen molar-refractivity contribution in [1.82, 2.24) is 14.0 Å². The number of likely N-dealkylation sites (N-methyl/N-ethyl adjacent to an activating group) is 1. The van der Waals surface area contributed by atoms with Crippen LogP contribution in [-0.2, 0) is 15.0 Å². The van der Waals surface area contributed by atoms with Gasteiger partial charge >= 0.3 is 0 Å². The van der Waals surface area contributed by atoms with E-state index in [-0.39, 0.29) is 17.1 Å². The van der Waals surface area contributed by atoms with E-state index in [0.717, 1.165) is 26.4 Å². The molecule has 2 aromatic carbocycles. The summed E-state index contributed by atoms with van der Waals surface area (Å²) in [5.74, 6) is -1.15. The Balaban J connectivity index is 1.56. The Morgan fingerprint density at radius 3 is 2.69 bits per heavy atom. The summed E-state index contributed by atoms with van der Waals surface area (Å²) in [6.45, 7) is 2.00. The molecule has 0 bridgehead atoms. The van der Waals surface area contributed by atoms with Gasteiger partial charge in [0.25, 0.3) is 10.2 Å². The standard InChI is InChI=1S/C21H20ClFN4O3S2/c1-12-3-5-13(6-4-12)19-11-24-21(31-19)17-10-18(27(2)32(29,30)26-17)20(28)25-14-7-8-16(23)15(22)9-14/h3-9,11,17-18,26H,10H2,1-2H3,(H,25,28)/t17-,18+/m0/s1. The summed E-state index contributed by atoms with van der Waals surface area (Å²) in [7, 11) is -2.58. The molecule has 1 aliphatic heterocycles. The molecule has 4 rings (SSSR count). The maximum atomic E-state index is 13.4. The largest absolute Gasteiger partial charge is 0.325 e. The first kappa shape index (κ1) is 22.8. The number of hydrogen-bond donors (Lipinski definition) is 2. The fraction of sp³-hybridized carbons (Fsp3) is 0.238. The number of aryl methyl sites for hydroxylation is 1. The van der Waals surface area contributed by atoms with Gasteiger partial charge in [0.05, 0.1) is 15.9 Å². The summed E-state index contributed by atoms with van der Waals surface area (Å²) in [6, 6.07) is 10.1. The lowest BCUT2D eigenvalue weighted by atomic mass is 10.1. The van der Waals surface area contributed by atoms with E-state index in [4.69, 9.17) is 11.6 Å². The zero-order valence-corrected chi connectivity index (χ0v) is 19.6. The predicted molar refractivity (Wildman–Crippen MR) is 123 cm³/mol. The van der Waals surface area contributed by atoms with Crippen LogP contribution in [0.5, 0.6) is 0 Å². The summed E-state index contributed by atoms with van der Waals surface area (Å²) in [5.41, 5.74) is 2.40. The number of carbonyl (C=O) groups excluding carboxylic acids is 1. The third-order valence-electron chi connectivity index (χ3n) is 5.22. The minimum absolute atomic E-state index is 0.140.